The second-order valence-electron chi connectivity index (χ2n) is 10.4. The van der Waals surface area contributed by atoms with E-state index in [4.69, 9.17) is 23.7 Å². The Morgan fingerprint density at radius 3 is 2.04 bits per heavy atom. The summed E-state index contributed by atoms with van der Waals surface area (Å²) in [5.41, 5.74) is 2.55. The monoisotopic (exact) mass is 624 g/mol. The molecule has 46 heavy (non-hydrogen) atoms. The third-order valence-corrected chi connectivity index (χ3v) is 6.61. The van der Waals surface area contributed by atoms with E-state index in [-0.39, 0.29) is 30.8 Å². The maximum Gasteiger partial charge on any atom is 0.343 e. The normalized spacial score (nSPS) is 11.2. The molecule has 1 unspecified atom stereocenters. The summed E-state index contributed by atoms with van der Waals surface area (Å²) in [4.78, 5) is 60.6. The third-order valence-electron chi connectivity index (χ3n) is 6.61. The Bertz CT molecular complexity index is 1790. The highest BCUT2D eigenvalue weighted by Gasteiger charge is 2.16. The number of benzene rings is 4. The summed E-state index contributed by atoms with van der Waals surface area (Å²) in [5.74, 6) is -2.07. The minimum absolute atomic E-state index is 0.134. The van der Waals surface area contributed by atoms with Crippen molar-refractivity contribution >= 4 is 40.6 Å². The van der Waals surface area contributed by atoms with Crippen LogP contribution in [0.15, 0.2) is 91.5 Å². The van der Waals surface area contributed by atoms with Crippen LogP contribution in [0.25, 0.3) is 10.8 Å². The predicted octanol–water partition coefficient (Wildman–Crippen LogP) is 6.24. The fraction of sp³-hybridized carbons (Fsp3) is 0.194. The SMILES string of the molecule is C=CC(=O)OCC(C)OC(=O)CCC(=O)Oc1ccc(C(=O)Oc2ccc3cc(C(=O)Oc4ccc(C)cc4C)ccc3c2)cc1. The van der Waals surface area contributed by atoms with Crippen molar-refractivity contribution < 1.29 is 47.7 Å². The number of carbonyl (C=O) groups excluding carboxylic acids is 5. The number of hydrogen-bond acceptors (Lipinski definition) is 10. The molecule has 0 fully saturated rings. The molecular weight excluding hydrogens is 592 g/mol. The van der Waals surface area contributed by atoms with Gasteiger partial charge < -0.3 is 23.7 Å². The van der Waals surface area contributed by atoms with E-state index in [0.717, 1.165) is 28.0 Å². The fourth-order valence-electron chi connectivity index (χ4n) is 4.27. The Hall–Kier alpha value is -5.77. The highest BCUT2D eigenvalue weighted by atomic mass is 16.6. The molecule has 4 aromatic carbocycles. The molecule has 0 spiro atoms. The quantitative estimate of drug-likeness (QED) is 0.101. The minimum Gasteiger partial charge on any atom is -0.459 e. The number of carbonyl (C=O) groups is 5. The van der Waals surface area contributed by atoms with Gasteiger partial charge in [-0.1, -0.05) is 36.4 Å². The summed E-state index contributed by atoms with van der Waals surface area (Å²) in [6.45, 7) is 8.53. The van der Waals surface area contributed by atoms with Gasteiger partial charge in [0.05, 0.1) is 24.0 Å². The lowest BCUT2D eigenvalue weighted by atomic mass is 10.1. The van der Waals surface area contributed by atoms with Gasteiger partial charge in [-0.05, 0) is 91.7 Å². The molecule has 4 aromatic rings. The van der Waals surface area contributed by atoms with Gasteiger partial charge in [0.15, 0.2) is 0 Å². The second kappa shape index (κ2) is 15.3. The van der Waals surface area contributed by atoms with Gasteiger partial charge in [-0.2, -0.15) is 0 Å². The molecule has 1 atom stereocenters. The maximum atomic E-state index is 12.7. The van der Waals surface area contributed by atoms with Crippen LogP contribution < -0.4 is 14.2 Å². The first-order valence-corrected chi connectivity index (χ1v) is 14.4. The summed E-state index contributed by atoms with van der Waals surface area (Å²) < 4.78 is 26.2. The van der Waals surface area contributed by atoms with E-state index in [1.807, 2.05) is 26.0 Å². The van der Waals surface area contributed by atoms with Gasteiger partial charge in [-0.3, -0.25) is 9.59 Å². The zero-order chi connectivity index (χ0) is 33.2. The number of aryl methyl sites for hydroxylation is 2. The van der Waals surface area contributed by atoms with E-state index in [0.29, 0.717) is 17.1 Å². The number of esters is 5. The van der Waals surface area contributed by atoms with E-state index in [9.17, 15) is 24.0 Å². The topological polar surface area (TPSA) is 132 Å². The van der Waals surface area contributed by atoms with E-state index in [1.54, 1.807) is 49.4 Å². The van der Waals surface area contributed by atoms with Crippen molar-refractivity contribution in [3.8, 4) is 17.2 Å². The van der Waals surface area contributed by atoms with E-state index >= 15 is 0 Å². The molecule has 0 radical (unpaired) electrons. The van der Waals surface area contributed by atoms with Gasteiger partial charge in [0.25, 0.3) is 0 Å². The first-order valence-electron chi connectivity index (χ1n) is 14.4. The van der Waals surface area contributed by atoms with Crippen LogP contribution in [-0.4, -0.2) is 42.6 Å². The predicted molar refractivity (Wildman–Crippen MR) is 168 cm³/mol. The molecule has 10 heteroatoms. The van der Waals surface area contributed by atoms with Crippen LogP contribution in [0.4, 0.5) is 0 Å². The van der Waals surface area contributed by atoms with Crippen LogP contribution in [0.2, 0.25) is 0 Å². The van der Waals surface area contributed by atoms with Crippen molar-refractivity contribution in [2.45, 2.75) is 39.7 Å². The zero-order valence-corrected chi connectivity index (χ0v) is 25.6. The van der Waals surface area contributed by atoms with Crippen LogP contribution in [0.3, 0.4) is 0 Å². The summed E-state index contributed by atoms with van der Waals surface area (Å²) >= 11 is 0. The lowest BCUT2D eigenvalue weighted by Gasteiger charge is -2.12. The average Bonchev–Trinajstić information content (AvgIpc) is 3.04. The van der Waals surface area contributed by atoms with Gasteiger partial charge in [-0.15, -0.1) is 0 Å². The first kappa shape index (κ1) is 33.1. The molecule has 0 amide bonds. The Morgan fingerprint density at radius 2 is 1.33 bits per heavy atom. The average molecular weight is 625 g/mol. The van der Waals surface area contributed by atoms with Crippen molar-refractivity contribution in [1.29, 1.82) is 0 Å². The van der Waals surface area contributed by atoms with Crippen LogP contribution in [0.5, 0.6) is 17.2 Å². The Labute approximate surface area is 265 Å². The molecule has 0 saturated carbocycles. The Kier molecular flexibility index (Phi) is 11.0. The van der Waals surface area contributed by atoms with Gasteiger partial charge in [0.2, 0.25) is 0 Å². The van der Waals surface area contributed by atoms with Crippen LogP contribution in [-0.2, 0) is 23.9 Å². The zero-order valence-electron chi connectivity index (χ0n) is 25.6. The molecule has 0 bridgehead atoms. The first-order chi connectivity index (χ1) is 22.0. The Morgan fingerprint density at radius 1 is 0.696 bits per heavy atom. The molecule has 4 rings (SSSR count). The molecule has 0 N–H and O–H groups in total. The van der Waals surface area contributed by atoms with Crippen molar-refractivity contribution in [1.82, 2.24) is 0 Å². The third kappa shape index (κ3) is 9.36. The molecule has 10 nitrogen and oxygen atoms in total. The van der Waals surface area contributed by atoms with Gasteiger partial charge in [0, 0.05) is 6.08 Å². The molecule has 236 valence electrons. The van der Waals surface area contributed by atoms with Gasteiger partial charge >= 0.3 is 29.8 Å². The standard InChI is InChI=1S/C36H32O10/c1-5-32(37)42-21-24(4)43-33(38)16-17-34(39)44-29-12-9-25(10-13-29)35(40)45-30-14-11-26-19-28(8-7-27(26)20-30)36(41)46-31-15-6-22(2)18-23(31)3/h5-15,18-20,24H,1,16-17,21H2,2-4H3. The summed E-state index contributed by atoms with van der Waals surface area (Å²) in [6, 6.07) is 21.5. The molecule has 0 heterocycles. The highest BCUT2D eigenvalue weighted by Crippen LogP contribution is 2.25. The number of ether oxygens (including phenoxy) is 5. The molecular formula is C36H32O10. The summed E-state index contributed by atoms with van der Waals surface area (Å²) in [7, 11) is 0. The maximum absolute atomic E-state index is 12.7. The molecule has 0 aliphatic heterocycles. The van der Waals surface area contributed by atoms with Crippen LogP contribution in [0.1, 0.15) is 51.6 Å². The minimum atomic E-state index is -0.688. The molecule has 0 saturated heterocycles. The second-order valence-corrected chi connectivity index (χ2v) is 10.4. The summed E-state index contributed by atoms with van der Waals surface area (Å²) in [5, 5.41) is 1.52. The van der Waals surface area contributed by atoms with Gasteiger partial charge in [-0.25, -0.2) is 14.4 Å². The molecule has 0 aromatic heterocycles. The molecule has 0 aliphatic carbocycles. The van der Waals surface area contributed by atoms with Crippen LogP contribution >= 0.6 is 0 Å². The van der Waals surface area contributed by atoms with Crippen molar-refractivity contribution in [3.05, 3.63) is 114 Å². The van der Waals surface area contributed by atoms with Crippen molar-refractivity contribution in [2.75, 3.05) is 6.61 Å². The van der Waals surface area contributed by atoms with E-state index in [1.165, 1.54) is 24.3 Å². The highest BCUT2D eigenvalue weighted by molar-refractivity contribution is 5.97. The fourth-order valence-corrected chi connectivity index (χ4v) is 4.27. The van der Waals surface area contributed by atoms with Crippen molar-refractivity contribution in [3.63, 3.8) is 0 Å². The number of rotatable bonds is 12. The Balaban J connectivity index is 1.27. The molecule has 0 aliphatic rings. The van der Waals surface area contributed by atoms with Crippen molar-refractivity contribution in [2.24, 2.45) is 0 Å². The smallest absolute Gasteiger partial charge is 0.343 e. The van der Waals surface area contributed by atoms with Gasteiger partial charge in [0.1, 0.15) is 30.0 Å². The largest absolute Gasteiger partial charge is 0.459 e. The lowest BCUT2D eigenvalue weighted by molar-refractivity contribution is -0.156. The van der Waals surface area contributed by atoms with Crippen LogP contribution in [0, 0.1) is 13.8 Å². The lowest BCUT2D eigenvalue weighted by Crippen LogP contribution is -2.22. The van der Waals surface area contributed by atoms with E-state index < -0.39 is 36.0 Å². The summed E-state index contributed by atoms with van der Waals surface area (Å²) in [6.07, 6.45) is -0.157. The number of fused-ring (bicyclic) bond motifs is 1. The number of hydrogen-bond donors (Lipinski definition) is 0. The van der Waals surface area contributed by atoms with E-state index in [2.05, 4.69) is 6.58 Å².